The van der Waals surface area contributed by atoms with Crippen molar-refractivity contribution in [3.63, 3.8) is 0 Å². The Bertz CT molecular complexity index is 352. The van der Waals surface area contributed by atoms with Gasteiger partial charge in [0.15, 0.2) is 0 Å². The van der Waals surface area contributed by atoms with Gasteiger partial charge in [-0.25, -0.2) is 0 Å². The summed E-state index contributed by atoms with van der Waals surface area (Å²) >= 11 is 1.14. The molecule has 2 nitrogen and oxygen atoms in total. The van der Waals surface area contributed by atoms with Gasteiger partial charge in [0.1, 0.15) is 5.76 Å². The lowest BCUT2D eigenvalue weighted by atomic mass is 10.0. The minimum absolute atomic E-state index is 0.0589. The average molecular weight is 210 g/mol. The standard InChI is InChI=1S/C11H14O2S/c1-7(2)5-6-11(4)9(12)8(3)10(13)14-11/h5-6,12H,1H2,2-4H3/b6-5+. The smallest absolute Gasteiger partial charge is 0.219 e. The Labute approximate surface area is 88.4 Å². The van der Waals surface area contributed by atoms with E-state index in [1.54, 1.807) is 6.92 Å². The number of thioether (sulfide) groups is 1. The van der Waals surface area contributed by atoms with E-state index in [1.165, 1.54) is 0 Å². The van der Waals surface area contributed by atoms with Crippen LogP contribution < -0.4 is 0 Å². The van der Waals surface area contributed by atoms with Crippen molar-refractivity contribution in [1.29, 1.82) is 0 Å². The fraction of sp³-hybridized carbons (Fsp3) is 0.364. The number of aliphatic hydroxyl groups is 1. The Kier molecular flexibility index (Phi) is 2.90. The predicted octanol–water partition coefficient (Wildman–Crippen LogP) is 2.98. The van der Waals surface area contributed by atoms with Crippen LogP contribution in [0.3, 0.4) is 0 Å². The van der Waals surface area contributed by atoms with E-state index in [4.69, 9.17) is 0 Å². The molecule has 1 aliphatic heterocycles. The number of allylic oxidation sites excluding steroid dienone is 2. The summed E-state index contributed by atoms with van der Waals surface area (Å²) in [5.74, 6) is 0.157. The second-order valence-electron chi connectivity index (χ2n) is 3.65. The number of hydrogen-bond acceptors (Lipinski definition) is 3. The molecule has 1 unspecified atom stereocenters. The SMILES string of the molecule is C=C(C)/C=C/C1(C)SC(=O)C(C)=C1O. The Hall–Kier alpha value is -0.960. The maximum atomic E-state index is 11.3. The Morgan fingerprint density at radius 2 is 2.21 bits per heavy atom. The minimum Gasteiger partial charge on any atom is -0.510 e. The molecule has 0 saturated carbocycles. The van der Waals surface area contributed by atoms with Crippen LogP contribution in [0, 0.1) is 0 Å². The highest BCUT2D eigenvalue weighted by Gasteiger charge is 2.39. The largest absolute Gasteiger partial charge is 0.510 e. The van der Waals surface area contributed by atoms with E-state index in [1.807, 2.05) is 26.0 Å². The summed E-state index contributed by atoms with van der Waals surface area (Å²) in [6.07, 6.45) is 3.62. The van der Waals surface area contributed by atoms with E-state index >= 15 is 0 Å². The van der Waals surface area contributed by atoms with Crippen molar-refractivity contribution < 1.29 is 9.90 Å². The van der Waals surface area contributed by atoms with Gasteiger partial charge >= 0.3 is 0 Å². The molecule has 0 aliphatic carbocycles. The third kappa shape index (κ3) is 1.93. The lowest BCUT2D eigenvalue weighted by Crippen LogP contribution is -2.16. The van der Waals surface area contributed by atoms with Crippen LogP contribution in [0.4, 0.5) is 0 Å². The highest BCUT2D eigenvalue weighted by molar-refractivity contribution is 8.16. The predicted molar refractivity (Wildman–Crippen MR) is 60.3 cm³/mol. The molecule has 0 aromatic carbocycles. The molecule has 0 saturated heterocycles. The van der Waals surface area contributed by atoms with E-state index in [9.17, 15) is 9.90 Å². The maximum absolute atomic E-state index is 11.3. The van der Waals surface area contributed by atoms with Gasteiger partial charge in [-0.2, -0.15) is 0 Å². The van der Waals surface area contributed by atoms with Crippen LogP contribution in [0.5, 0.6) is 0 Å². The summed E-state index contributed by atoms with van der Waals surface area (Å²) in [5.41, 5.74) is 1.35. The number of carbonyl (C=O) groups excluding carboxylic acids is 1. The Morgan fingerprint density at radius 1 is 1.64 bits per heavy atom. The van der Waals surface area contributed by atoms with Crippen LogP contribution in [0.1, 0.15) is 20.8 Å². The number of rotatable bonds is 2. The average Bonchev–Trinajstić information content (AvgIpc) is 2.28. The summed E-state index contributed by atoms with van der Waals surface area (Å²) < 4.78 is -0.611. The molecule has 1 atom stereocenters. The second kappa shape index (κ2) is 3.65. The van der Waals surface area contributed by atoms with Crippen LogP contribution in [0.25, 0.3) is 0 Å². The van der Waals surface area contributed by atoms with E-state index in [0.717, 1.165) is 17.3 Å². The Morgan fingerprint density at radius 3 is 2.57 bits per heavy atom. The molecule has 0 fully saturated rings. The zero-order valence-electron chi connectivity index (χ0n) is 8.63. The molecule has 3 heteroatoms. The van der Waals surface area contributed by atoms with Gasteiger partial charge in [-0.05, 0) is 20.8 Å². The van der Waals surface area contributed by atoms with Gasteiger partial charge in [-0.1, -0.05) is 36.1 Å². The highest BCUT2D eigenvalue weighted by atomic mass is 32.2. The molecule has 1 aliphatic rings. The molecular weight excluding hydrogens is 196 g/mol. The van der Waals surface area contributed by atoms with Crippen molar-refractivity contribution in [1.82, 2.24) is 0 Å². The number of hydrogen-bond donors (Lipinski definition) is 1. The zero-order valence-corrected chi connectivity index (χ0v) is 9.44. The van der Waals surface area contributed by atoms with Crippen molar-refractivity contribution >= 4 is 16.9 Å². The van der Waals surface area contributed by atoms with E-state index in [0.29, 0.717) is 5.57 Å². The summed E-state index contributed by atoms with van der Waals surface area (Å²) in [6.45, 7) is 9.07. The van der Waals surface area contributed by atoms with Crippen LogP contribution in [0.2, 0.25) is 0 Å². The summed E-state index contributed by atoms with van der Waals surface area (Å²) in [5, 5.41) is 9.70. The van der Waals surface area contributed by atoms with Gasteiger partial charge in [0.2, 0.25) is 5.12 Å². The first-order valence-electron chi connectivity index (χ1n) is 4.35. The normalized spacial score (nSPS) is 27.8. The second-order valence-corrected chi connectivity index (χ2v) is 5.07. The quantitative estimate of drug-likeness (QED) is 0.712. The molecule has 1 N–H and O–H groups in total. The first kappa shape index (κ1) is 11.1. The molecule has 0 aromatic heterocycles. The Balaban J connectivity index is 3.00. The highest BCUT2D eigenvalue weighted by Crippen LogP contribution is 2.43. The van der Waals surface area contributed by atoms with Crippen LogP contribution >= 0.6 is 11.8 Å². The molecule has 0 spiro atoms. The third-order valence-corrected chi connectivity index (χ3v) is 3.37. The summed E-state index contributed by atoms with van der Waals surface area (Å²) in [4.78, 5) is 11.3. The molecule has 1 rings (SSSR count). The molecule has 0 aromatic rings. The summed E-state index contributed by atoms with van der Waals surface area (Å²) in [6, 6.07) is 0. The lowest BCUT2D eigenvalue weighted by molar-refractivity contribution is -0.107. The first-order chi connectivity index (χ1) is 6.37. The van der Waals surface area contributed by atoms with E-state index < -0.39 is 4.75 Å². The van der Waals surface area contributed by atoms with Gasteiger partial charge < -0.3 is 5.11 Å². The van der Waals surface area contributed by atoms with Crippen molar-refractivity contribution in [3.05, 3.63) is 35.6 Å². The molecule has 0 radical (unpaired) electrons. The lowest BCUT2D eigenvalue weighted by Gasteiger charge is -2.17. The van der Waals surface area contributed by atoms with Crippen LogP contribution in [0.15, 0.2) is 35.6 Å². The van der Waals surface area contributed by atoms with Gasteiger partial charge in [0.25, 0.3) is 0 Å². The van der Waals surface area contributed by atoms with Crippen molar-refractivity contribution in [2.45, 2.75) is 25.5 Å². The van der Waals surface area contributed by atoms with E-state index in [2.05, 4.69) is 6.58 Å². The van der Waals surface area contributed by atoms with Crippen LogP contribution in [-0.2, 0) is 4.79 Å². The molecule has 14 heavy (non-hydrogen) atoms. The fourth-order valence-electron chi connectivity index (χ4n) is 1.20. The topological polar surface area (TPSA) is 37.3 Å². The molecule has 76 valence electrons. The molecule has 1 heterocycles. The minimum atomic E-state index is -0.611. The van der Waals surface area contributed by atoms with Crippen LogP contribution in [-0.4, -0.2) is 15.0 Å². The molecular formula is C11H14O2S. The molecule has 0 amide bonds. The van der Waals surface area contributed by atoms with Crippen molar-refractivity contribution in [3.8, 4) is 0 Å². The third-order valence-electron chi connectivity index (χ3n) is 2.12. The number of aliphatic hydroxyl groups excluding tert-OH is 1. The molecule has 0 bridgehead atoms. The van der Waals surface area contributed by atoms with E-state index in [-0.39, 0.29) is 10.9 Å². The maximum Gasteiger partial charge on any atom is 0.219 e. The van der Waals surface area contributed by atoms with Crippen molar-refractivity contribution in [2.75, 3.05) is 0 Å². The van der Waals surface area contributed by atoms with Gasteiger partial charge in [-0.3, -0.25) is 4.79 Å². The van der Waals surface area contributed by atoms with Gasteiger partial charge in [-0.15, -0.1) is 0 Å². The van der Waals surface area contributed by atoms with Gasteiger partial charge in [0.05, 0.1) is 4.75 Å². The monoisotopic (exact) mass is 210 g/mol. The summed E-state index contributed by atoms with van der Waals surface area (Å²) in [7, 11) is 0. The zero-order chi connectivity index (χ0) is 10.9. The van der Waals surface area contributed by atoms with Crippen molar-refractivity contribution in [2.24, 2.45) is 0 Å². The van der Waals surface area contributed by atoms with Gasteiger partial charge in [0, 0.05) is 5.57 Å². The number of carbonyl (C=O) groups is 1. The first-order valence-corrected chi connectivity index (χ1v) is 5.17. The fourth-order valence-corrected chi connectivity index (χ4v) is 2.22.